The van der Waals surface area contributed by atoms with Crippen molar-refractivity contribution in [2.75, 3.05) is 5.32 Å². The van der Waals surface area contributed by atoms with Crippen molar-refractivity contribution in [1.82, 2.24) is 0 Å². The van der Waals surface area contributed by atoms with Crippen molar-refractivity contribution in [3.63, 3.8) is 0 Å². The summed E-state index contributed by atoms with van der Waals surface area (Å²) >= 11 is 3.27. The Morgan fingerprint density at radius 3 is 2.58 bits per heavy atom. The quantitative estimate of drug-likeness (QED) is 0.742. The highest BCUT2D eigenvalue weighted by molar-refractivity contribution is 9.10. The van der Waals surface area contributed by atoms with E-state index in [0.29, 0.717) is 15.7 Å². The van der Waals surface area contributed by atoms with E-state index in [1.807, 2.05) is 6.92 Å². The highest BCUT2D eigenvalue weighted by Gasteiger charge is 2.12. The Balaban J connectivity index is 2.25. The van der Waals surface area contributed by atoms with Crippen LogP contribution in [-0.4, -0.2) is 10.2 Å². The van der Waals surface area contributed by atoms with Gasteiger partial charge in [0.2, 0.25) is 0 Å². The van der Waals surface area contributed by atoms with Crippen LogP contribution in [0.2, 0.25) is 0 Å². The van der Waals surface area contributed by atoms with Gasteiger partial charge in [-0.05, 0) is 59.3 Å². The summed E-state index contributed by atoms with van der Waals surface area (Å²) in [6.07, 6.45) is 0. The van der Waals surface area contributed by atoms with Gasteiger partial charge in [-0.2, -0.15) is 0 Å². The van der Waals surface area contributed by atoms with Crippen LogP contribution in [0.1, 0.15) is 18.5 Å². The van der Waals surface area contributed by atoms with Crippen LogP contribution in [0.25, 0.3) is 0 Å². The summed E-state index contributed by atoms with van der Waals surface area (Å²) in [6.45, 7) is 1.84. The smallest absolute Gasteiger partial charge is 0.124 e. The molecule has 1 unspecified atom stereocenters. The molecule has 0 aliphatic carbocycles. The average molecular weight is 326 g/mol. The fourth-order valence-corrected chi connectivity index (χ4v) is 2.27. The van der Waals surface area contributed by atoms with E-state index >= 15 is 0 Å². The first-order valence-electron chi connectivity index (χ1n) is 5.71. The topological polar surface area (TPSA) is 52.5 Å². The summed E-state index contributed by atoms with van der Waals surface area (Å²) in [4.78, 5) is 0. The Morgan fingerprint density at radius 2 is 1.89 bits per heavy atom. The van der Waals surface area contributed by atoms with Crippen LogP contribution in [0.4, 0.5) is 10.1 Å². The Morgan fingerprint density at radius 1 is 1.16 bits per heavy atom. The van der Waals surface area contributed by atoms with Gasteiger partial charge in [0.1, 0.15) is 17.3 Å². The summed E-state index contributed by atoms with van der Waals surface area (Å²) in [5, 5.41) is 22.4. The third kappa shape index (κ3) is 3.17. The maximum Gasteiger partial charge on any atom is 0.124 e. The van der Waals surface area contributed by atoms with E-state index in [2.05, 4.69) is 21.2 Å². The van der Waals surface area contributed by atoms with Gasteiger partial charge in [-0.1, -0.05) is 0 Å². The largest absolute Gasteiger partial charge is 0.508 e. The molecule has 0 aliphatic rings. The average Bonchev–Trinajstić information content (AvgIpc) is 2.35. The van der Waals surface area contributed by atoms with E-state index in [0.717, 1.165) is 0 Å². The molecule has 0 amide bonds. The molecule has 100 valence electrons. The molecule has 0 radical (unpaired) electrons. The van der Waals surface area contributed by atoms with Crippen LogP contribution < -0.4 is 5.32 Å². The molecule has 0 heterocycles. The zero-order valence-corrected chi connectivity index (χ0v) is 11.8. The molecular weight excluding hydrogens is 313 g/mol. The number of rotatable bonds is 3. The highest BCUT2D eigenvalue weighted by Crippen LogP contribution is 2.32. The lowest BCUT2D eigenvalue weighted by Gasteiger charge is -2.18. The van der Waals surface area contributed by atoms with E-state index < -0.39 is 0 Å². The predicted octanol–water partition coefficient (Wildman–Crippen LogP) is 4.17. The van der Waals surface area contributed by atoms with Crippen molar-refractivity contribution < 1.29 is 14.6 Å². The molecule has 2 aromatic rings. The summed E-state index contributed by atoms with van der Waals surface area (Å²) in [5.74, 6) is -0.152. The van der Waals surface area contributed by atoms with E-state index in [9.17, 15) is 14.6 Å². The first-order valence-corrected chi connectivity index (χ1v) is 6.50. The van der Waals surface area contributed by atoms with E-state index in [4.69, 9.17) is 0 Å². The number of phenols is 2. The van der Waals surface area contributed by atoms with Crippen LogP contribution >= 0.6 is 15.9 Å². The SMILES string of the molecule is CC(Nc1ccc(F)cc1Br)c1cc(O)ccc1O. The Hall–Kier alpha value is -1.75. The molecule has 5 heteroatoms. The minimum Gasteiger partial charge on any atom is -0.508 e. The van der Waals surface area contributed by atoms with Gasteiger partial charge in [0, 0.05) is 15.7 Å². The van der Waals surface area contributed by atoms with Crippen LogP contribution in [0.3, 0.4) is 0 Å². The lowest BCUT2D eigenvalue weighted by atomic mass is 10.1. The number of aromatic hydroxyl groups is 2. The Kier molecular flexibility index (Phi) is 3.95. The van der Waals surface area contributed by atoms with E-state index in [1.54, 1.807) is 6.07 Å². The van der Waals surface area contributed by atoms with Gasteiger partial charge in [0.25, 0.3) is 0 Å². The molecule has 0 aliphatic heterocycles. The van der Waals surface area contributed by atoms with Gasteiger partial charge in [-0.3, -0.25) is 0 Å². The first-order chi connectivity index (χ1) is 8.97. The van der Waals surface area contributed by atoms with E-state index in [-0.39, 0.29) is 23.4 Å². The van der Waals surface area contributed by atoms with Crippen molar-refractivity contribution >= 4 is 21.6 Å². The molecule has 0 aromatic heterocycles. The lowest BCUT2D eigenvalue weighted by Crippen LogP contribution is -2.07. The fourth-order valence-electron chi connectivity index (χ4n) is 1.81. The molecule has 3 N–H and O–H groups in total. The van der Waals surface area contributed by atoms with Gasteiger partial charge in [-0.15, -0.1) is 0 Å². The van der Waals surface area contributed by atoms with E-state index in [1.165, 1.54) is 30.3 Å². The molecule has 0 spiro atoms. The fraction of sp³-hybridized carbons (Fsp3) is 0.143. The second-order valence-electron chi connectivity index (χ2n) is 4.23. The number of phenolic OH excluding ortho intramolecular Hbond substituents is 2. The molecule has 1 atom stereocenters. The summed E-state index contributed by atoms with van der Waals surface area (Å²) < 4.78 is 13.6. The predicted molar refractivity (Wildman–Crippen MR) is 75.9 cm³/mol. The van der Waals surface area contributed by atoms with Gasteiger partial charge < -0.3 is 15.5 Å². The molecule has 0 saturated carbocycles. The van der Waals surface area contributed by atoms with Crippen molar-refractivity contribution in [2.45, 2.75) is 13.0 Å². The van der Waals surface area contributed by atoms with Gasteiger partial charge in [-0.25, -0.2) is 4.39 Å². The van der Waals surface area contributed by atoms with Gasteiger partial charge in [0.05, 0.1) is 6.04 Å². The molecule has 0 saturated heterocycles. The number of anilines is 1. The maximum absolute atomic E-state index is 13.0. The first kappa shape index (κ1) is 13.7. The summed E-state index contributed by atoms with van der Waals surface area (Å²) in [5.41, 5.74) is 1.27. The number of halogens is 2. The lowest BCUT2D eigenvalue weighted by molar-refractivity contribution is 0.451. The third-order valence-electron chi connectivity index (χ3n) is 2.78. The van der Waals surface area contributed by atoms with Crippen molar-refractivity contribution in [3.8, 4) is 11.5 Å². The number of nitrogens with one attached hydrogen (secondary N) is 1. The second kappa shape index (κ2) is 5.48. The van der Waals surface area contributed by atoms with Gasteiger partial charge >= 0.3 is 0 Å². The van der Waals surface area contributed by atoms with Crippen molar-refractivity contribution in [2.24, 2.45) is 0 Å². The van der Waals surface area contributed by atoms with Crippen LogP contribution in [0, 0.1) is 5.82 Å². The minimum atomic E-state index is -0.328. The van der Waals surface area contributed by atoms with Crippen LogP contribution in [-0.2, 0) is 0 Å². The standard InChI is InChI=1S/C14H13BrFNO2/c1-8(11-7-10(18)3-5-14(11)19)17-13-4-2-9(16)6-12(13)15/h2-8,17-19H,1H3. The van der Waals surface area contributed by atoms with Crippen molar-refractivity contribution in [3.05, 3.63) is 52.3 Å². The molecule has 0 fully saturated rings. The molecule has 0 bridgehead atoms. The zero-order chi connectivity index (χ0) is 14.0. The van der Waals surface area contributed by atoms with Crippen LogP contribution in [0.5, 0.6) is 11.5 Å². The third-order valence-corrected chi connectivity index (χ3v) is 3.44. The molecule has 2 aromatic carbocycles. The maximum atomic E-state index is 13.0. The van der Waals surface area contributed by atoms with Crippen LogP contribution in [0.15, 0.2) is 40.9 Å². The number of hydrogen-bond donors (Lipinski definition) is 3. The zero-order valence-electron chi connectivity index (χ0n) is 10.2. The Bertz CT molecular complexity index is 604. The van der Waals surface area contributed by atoms with Gasteiger partial charge in [0.15, 0.2) is 0 Å². The minimum absolute atomic E-state index is 0.0830. The molecule has 2 rings (SSSR count). The van der Waals surface area contributed by atoms with Crippen molar-refractivity contribution in [1.29, 1.82) is 0 Å². The summed E-state index contributed by atoms with van der Waals surface area (Å²) in [7, 11) is 0. The molecule has 3 nitrogen and oxygen atoms in total. The number of hydrogen-bond acceptors (Lipinski definition) is 3. The number of benzene rings is 2. The molecule has 19 heavy (non-hydrogen) atoms. The Labute approximate surface area is 118 Å². The monoisotopic (exact) mass is 325 g/mol. The second-order valence-corrected chi connectivity index (χ2v) is 5.09. The molecular formula is C14H13BrFNO2. The normalized spacial score (nSPS) is 12.2. The summed E-state index contributed by atoms with van der Waals surface area (Å²) in [6, 6.07) is 8.41. The highest BCUT2D eigenvalue weighted by atomic mass is 79.9.